The van der Waals surface area contributed by atoms with E-state index >= 15 is 0 Å². The summed E-state index contributed by atoms with van der Waals surface area (Å²) in [4.78, 5) is 31.5. The molecule has 0 saturated heterocycles. The fraction of sp³-hybridized carbons (Fsp3) is 0.974. The Bertz CT molecular complexity index is 1070. The Kier molecular flexibility index (Phi) is 73.3. The first-order valence-corrected chi connectivity index (χ1v) is 39.3. The molecule has 0 atom stereocenters. The molecule has 0 rings (SSSR count). The minimum Gasteiger partial charge on any atom is -0.369 e. The molecule has 0 aromatic carbocycles. The topological polar surface area (TPSA) is 59.1 Å². The molecular formula is C78H156N2O4. The zero-order valence-corrected chi connectivity index (χ0v) is 58.4. The summed E-state index contributed by atoms with van der Waals surface area (Å²) in [5, 5.41) is 0. The van der Waals surface area contributed by atoms with Gasteiger partial charge in [-0.05, 0) is 25.7 Å². The lowest BCUT2D eigenvalue weighted by Crippen LogP contribution is -2.37. The van der Waals surface area contributed by atoms with E-state index < -0.39 is 0 Å². The Labute approximate surface area is 529 Å². The van der Waals surface area contributed by atoms with E-state index in [2.05, 4.69) is 37.5 Å². The summed E-state index contributed by atoms with van der Waals surface area (Å²) in [7, 11) is 0. The second-order valence-electron chi connectivity index (χ2n) is 27.1. The minimum atomic E-state index is 0.111. The molecule has 2 amide bonds. The van der Waals surface area contributed by atoms with Crippen LogP contribution < -0.4 is 0 Å². The molecule has 502 valence electrons. The number of amides is 2. The van der Waals surface area contributed by atoms with E-state index in [0.717, 1.165) is 51.9 Å². The molecule has 0 fully saturated rings. The third-order valence-corrected chi connectivity index (χ3v) is 18.7. The number of hydrogen-bond donors (Lipinski definition) is 0. The zero-order valence-electron chi connectivity index (χ0n) is 58.4. The summed E-state index contributed by atoms with van der Waals surface area (Å²) < 4.78 is 11.9. The molecule has 6 nitrogen and oxygen atoms in total. The number of rotatable bonds is 75. The normalized spacial score (nSPS) is 11.6. The van der Waals surface area contributed by atoms with Crippen LogP contribution in [0.4, 0.5) is 0 Å². The first-order chi connectivity index (χ1) is 41.6. The van der Waals surface area contributed by atoms with Crippen molar-refractivity contribution in [3.8, 4) is 0 Å². The zero-order chi connectivity index (χ0) is 60.6. The van der Waals surface area contributed by atoms with Gasteiger partial charge in [0.25, 0.3) is 0 Å². The van der Waals surface area contributed by atoms with Gasteiger partial charge >= 0.3 is 0 Å². The highest BCUT2D eigenvalue weighted by molar-refractivity contribution is 5.77. The van der Waals surface area contributed by atoms with Crippen LogP contribution in [-0.2, 0) is 19.1 Å². The molecule has 0 saturated carbocycles. The van der Waals surface area contributed by atoms with Crippen molar-refractivity contribution in [2.45, 2.75) is 439 Å². The summed E-state index contributed by atoms with van der Waals surface area (Å²) in [5.74, 6) is 0.244. The third-order valence-electron chi connectivity index (χ3n) is 18.7. The molecular weight excluding hydrogens is 1030 g/mol. The smallest absolute Gasteiger partial charge is 0.248 e. The fourth-order valence-electron chi connectivity index (χ4n) is 12.7. The molecule has 6 heteroatoms. The molecule has 0 radical (unpaired) electrons. The van der Waals surface area contributed by atoms with Crippen molar-refractivity contribution in [3.05, 3.63) is 0 Å². The van der Waals surface area contributed by atoms with Crippen LogP contribution in [0.1, 0.15) is 439 Å². The van der Waals surface area contributed by atoms with E-state index in [0.29, 0.717) is 13.2 Å². The van der Waals surface area contributed by atoms with Gasteiger partial charge in [-0.2, -0.15) is 0 Å². The van der Waals surface area contributed by atoms with Gasteiger partial charge in [0.1, 0.15) is 13.2 Å². The van der Waals surface area contributed by atoms with E-state index in [1.165, 1.54) is 385 Å². The van der Waals surface area contributed by atoms with Crippen LogP contribution in [0.25, 0.3) is 0 Å². The minimum absolute atomic E-state index is 0.111. The van der Waals surface area contributed by atoms with Crippen molar-refractivity contribution < 1.29 is 19.1 Å². The molecule has 0 heterocycles. The van der Waals surface area contributed by atoms with Gasteiger partial charge in [-0.3, -0.25) is 9.59 Å². The van der Waals surface area contributed by atoms with Crippen molar-refractivity contribution in [2.24, 2.45) is 0 Å². The van der Waals surface area contributed by atoms with Gasteiger partial charge in [0.15, 0.2) is 0 Å². The van der Waals surface area contributed by atoms with Crippen molar-refractivity contribution >= 4 is 11.8 Å². The summed E-state index contributed by atoms with van der Waals surface area (Å²) in [6.45, 7) is 13.5. The Morgan fingerprint density at radius 3 is 0.440 bits per heavy atom. The fourth-order valence-corrected chi connectivity index (χ4v) is 12.7. The molecule has 0 aromatic heterocycles. The summed E-state index contributed by atoms with van der Waals surface area (Å²) >= 11 is 0. The summed E-state index contributed by atoms with van der Waals surface area (Å²) in [6, 6.07) is 0. The van der Waals surface area contributed by atoms with Crippen LogP contribution in [0.2, 0.25) is 0 Å². The van der Waals surface area contributed by atoms with Crippen molar-refractivity contribution in [2.75, 3.05) is 52.6 Å². The standard InChI is InChI=1S/C78H156N2O4/c1-5-9-13-17-21-25-29-33-37-41-45-49-53-57-61-65-69-79(70-66-62-58-54-50-46-42-38-34-30-26-22-18-14-10-6-2)77(81)75-83-73-74-84-76-78(82)80(71-67-63-59-55-51-47-43-39-35-31-27-23-19-15-11-7-3)72-68-64-60-56-52-48-44-40-36-32-28-24-20-16-12-8-4/h5-76H2,1-4H3. The van der Waals surface area contributed by atoms with Gasteiger partial charge in [0, 0.05) is 26.2 Å². The lowest BCUT2D eigenvalue weighted by atomic mass is 10.0. The molecule has 0 aliphatic rings. The maximum atomic E-state index is 13.6. The lowest BCUT2D eigenvalue weighted by Gasteiger charge is -2.23. The Morgan fingerprint density at radius 1 is 0.190 bits per heavy atom. The molecule has 0 bridgehead atoms. The maximum absolute atomic E-state index is 13.6. The monoisotopic (exact) mass is 1190 g/mol. The third kappa shape index (κ3) is 66.8. The highest BCUT2D eigenvalue weighted by Crippen LogP contribution is 2.19. The number of carbonyl (C=O) groups excluding carboxylic acids is 2. The first kappa shape index (κ1) is 82.9. The predicted octanol–water partition coefficient (Wildman–Crippen LogP) is 25.7. The van der Waals surface area contributed by atoms with Gasteiger partial charge in [-0.25, -0.2) is 0 Å². The Hall–Kier alpha value is -1.14. The van der Waals surface area contributed by atoms with Crippen molar-refractivity contribution in [1.29, 1.82) is 0 Å². The number of hydrogen-bond acceptors (Lipinski definition) is 4. The second-order valence-corrected chi connectivity index (χ2v) is 27.1. The van der Waals surface area contributed by atoms with Crippen LogP contribution in [0, 0.1) is 0 Å². The average molecular weight is 1190 g/mol. The average Bonchev–Trinajstić information content (AvgIpc) is 3.51. The Balaban J connectivity index is 4.79. The van der Waals surface area contributed by atoms with Crippen LogP contribution in [0.15, 0.2) is 0 Å². The highest BCUT2D eigenvalue weighted by atomic mass is 16.5. The van der Waals surface area contributed by atoms with E-state index in [-0.39, 0.29) is 25.0 Å². The molecule has 84 heavy (non-hydrogen) atoms. The lowest BCUT2D eigenvalue weighted by molar-refractivity contribution is -0.140. The molecule has 0 aliphatic heterocycles. The van der Waals surface area contributed by atoms with Crippen molar-refractivity contribution in [1.82, 2.24) is 9.80 Å². The van der Waals surface area contributed by atoms with Gasteiger partial charge < -0.3 is 19.3 Å². The van der Waals surface area contributed by atoms with E-state index in [1.807, 2.05) is 0 Å². The SMILES string of the molecule is CCCCCCCCCCCCCCCCCCN(CCCCCCCCCCCCCCCCCC)C(=O)COCCOCC(=O)N(CCCCCCCCCCCCCCCCCC)CCCCCCCCCCCCCCCCCC. The number of carbonyl (C=O) groups is 2. The molecule has 0 N–H and O–H groups in total. The van der Waals surface area contributed by atoms with Gasteiger partial charge in [-0.15, -0.1) is 0 Å². The number of unbranched alkanes of at least 4 members (excludes halogenated alkanes) is 60. The van der Waals surface area contributed by atoms with Gasteiger partial charge in [0.2, 0.25) is 11.8 Å². The maximum Gasteiger partial charge on any atom is 0.248 e. The second kappa shape index (κ2) is 74.3. The van der Waals surface area contributed by atoms with Crippen LogP contribution >= 0.6 is 0 Å². The van der Waals surface area contributed by atoms with E-state index in [9.17, 15) is 9.59 Å². The quantitative estimate of drug-likeness (QED) is 0.0570. The predicted molar refractivity (Wildman–Crippen MR) is 373 cm³/mol. The van der Waals surface area contributed by atoms with E-state index in [4.69, 9.17) is 9.47 Å². The summed E-state index contributed by atoms with van der Waals surface area (Å²) in [5.41, 5.74) is 0. The Morgan fingerprint density at radius 2 is 0.310 bits per heavy atom. The molecule has 0 unspecified atom stereocenters. The van der Waals surface area contributed by atoms with Crippen LogP contribution in [0.3, 0.4) is 0 Å². The van der Waals surface area contributed by atoms with Crippen LogP contribution in [-0.4, -0.2) is 74.2 Å². The van der Waals surface area contributed by atoms with E-state index in [1.54, 1.807) is 0 Å². The first-order valence-electron chi connectivity index (χ1n) is 39.3. The highest BCUT2D eigenvalue weighted by Gasteiger charge is 2.16. The summed E-state index contributed by atoms with van der Waals surface area (Å²) in [6.07, 6.45) is 87.2. The molecule has 0 aromatic rings. The number of nitrogens with zero attached hydrogens (tertiary/aromatic N) is 2. The molecule has 0 aliphatic carbocycles. The largest absolute Gasteiger partial charge is 0.369 e. The van der Waals surface area contributed by atoms with Crippen molar-refractivity contribution in [3.63, 3.8) is 0 Å². The van der Waals surface area contributed by atoms with Gasteiger partial charge in [0.05, 0.1) is 13.2 Å². The van der Waals surface area contributed by atoms with Crippen LogP contribution in [0.5, 0.6) is 0 Å². The number of ether oxygens (including phenoxy) is 2. The molecule has 0 spiro atoms. The van der Waals surface area contributed by atoms with Gasteiger partial charge in [-0.1, -0.05) is 413 Å².